The van der Waals surface area contributed by atoms with Crippen LogP contribution in [0.3, 0.4) is 0 Å². The molecule has 0 atom stereocenters. The first-order valence-corrected chi connectivity index (χ1v) is 9.73. The molecule has 28 heavy (non-hydrogen) atoms. The first-order chi connectivity index (χ1) is 13.6. The number of aromatic nitrogens is 5. The molecule has 4 rings (SSSR count). The molecule has 0 radical (unpaired) electrons. The first-order valence-electron chi connectivity index (χ1n) is 9.32. The Bertz CT molecular complexity index is 999. The van der Waals surface area contributed by atoms with Crippen LogP contribution in [0.25, 0.3) is 5.69 Å². The average molecular weight is 398 g/mol. The quantitative estimate of drug-likeness (QED) is 0.667. The fraction of sp³-hybridized carbons (Fsp3) is 0.368. The Labute approximate surface area is 168 Å². The van der Waals surface area contributed by atoms with Crippen LogP contribution in [0.5, 0.6) is 0 Å². The molecular formula is C19H23N7OS. The zero-order chi connectivity index (χ0) is 19.5. The number of benzene rings is 1. The SMILES string of the molecule is Cn1cc(C(=O)NC2CCN(Cn3ncn(-c4ccccc4)c3=S)CC2)cn1. The lowest BCUT2D eigenvalue weighted by Crippen LogP contribution is -2.45. The van der Waals surface area contributed by atoms with Gasteiger partial charge in [-0.2, -0.15) is 10.2 Å². The summed E-state index contributed by atoms with van der Waals surface area (Å²) in [4.78, 5) is 14.6. The number of piperidine rings is 1. The van der Waals surface area contributed by atoms with Crippen LogP contribution in [-0.4, -0.2) is 54.1 Å². The number of nitrogens with zero attached hydrogens (tertiary/aromatic N) is 6. The second-order valence-electron chi connectivity index (χ2n) is 7.03. The van der Waals surface area contributed by atoms with Crippen molar-refractivity contribution in [3.63, 3.8) is 0 Å². The number of aryl methyl sites for hydroxylation is 1. The minimum Gasteiger partial charge on any atom is -0.349 e. The summed E-state index contributed by atoms with van der Waals surface area (Å²) in [6.07, 6.45) is 6.89. The van der Waals surface area contributed by atoms with Gasteiger partial charge in [-0.05, 0) is 37.2 Å². The van der Waals surface area contributed by atoms with Crippen LogP contribution in [-0.2, 0) is 13.7 Å². The Balaban J connectivity index is 1.32. The molecule has 0 spiro atoms. The van der Waals surface area contributed by atoms with E-state index in [1.54, 1.807) is 30.5 Å². The molecule has 1 N–H and O–H groups in total. The molecule has 0 aliphatic carbocycles. The minimum atomic E-state index is -0.0598. The van der Waals surface area contributed by atoms with Crippen molar-refractivity contribution in [1.82, 2.24) is 34.3 Å². The molecule has 2 aromatic heterocycles. The van der Waals surface area contributed by atoms with E-state index in [1.165, 1.54) is 0 Å². The molecular weight excluding hydrogens is 374 g/mol. The van der Waals surface area contributed by atoms with Gasteiger partial charge in [0.2, 0.25) is 4.77 Å². The number of hydrogen-bond acceptors (Lipinski definition) is 5. The zero-order valence-electron chi connectivity index (χ0n) is 15.7. The van der Waals surface area contributed by atoms with E-state index in [4.69, 9.17) is 12.2 Å². The van der Waals surface area contributed by atoms with Gasteiger partial charge >= 0.3 is 0 Å². The highest BCUT2D eigenvalue weighted by atomic mass is 32.1. The van der Waals surface area contributed by atoms with Gasteiger partial charge in [-0.25, -0.2) is 4.68 Å². The summed E-state index contributed by atoms with van der Waals surface area (Å²) in [5.41, 5.74) is 1.61. The number of carbonyl (C=O) groups excluding carboxylic acids is 1. The standard InChI is InChI=1S/C19H23N7OS/c1-23-12-15(11-20-23)18(27)22-16-7-9-24(10-8-16)14-26-19(28)25(13-21-26)17-5-3-2-4-6-17/h2-6,11-13,16H,7-10,14H2,1H3,(H,22,27). The highest BCUT2D eigenvalue weighted by Gasteiger charge is 2.22. The Kier molecular flexibility index (Phi) is 5.36. The first kappa shape index (κ1) is 18.6. The molecule has 1 amide bonds. The summed E-state index contributed by atoms with van der Waals surface area (Å²) in [6, 6.07) is 10.2. The third-order valence-electron chi connectivity index (χ3n) is 4.99. The lowest BCUT2D eigenvalue weighted by molar-refractivity contribution is 0.0896. The molecule has 0 saturated carbocycles. The Morgan fingerprint density at radius 3 is 2.64 bits per heavy atom. The van der Waals surface area contributed by atoms with Gasteiger partial charge in [-0.1, -0.05) is 18.2 Å². The maximum Gasteiger partial charge on any atom is 0.254 e. The van der Waals surface area contributed by atoms with Crippen molar-refractivity contribution in [2.75, 3.05) is 13.1 Å². The maximum atomic E-state index is 12.3. The monoisotopic (exact) mass is 397 g/mol. The van der Waals surface area contributed by atoms with Crippen molar-refractivity contribution in [3.05, 3.63) is 59.4 Å². The fourth-order valence-electron chi connectivity index (χ4n) is 3.42. The van der Waals surface area contributed by atoms with Crippen LogP contribution in [0, 0.1) is 4.77 Å². The van der Waals surface area contributed by atoms with E-state index in [0.717, 1.165) is 31.6 Å². The molecule has 146 valence electrons. The number of para-hydroxylation sites is 1. The summed E-state index contributed by atoms with van der Waals surface area (Å²) >= 11 is 5.58. The van der Waals surface area contributed by atoms with Crippen LogP contribution >= 0.6 is 12.2 Å². The molecule has 1 saturated heterocycles. The minimum absolute atomic E-state index is 0.0598. The third kappa shape index (κ3) is 4.05. The second-order valence-corrected chi connectivity index (χ2v) is 7.39. The van der Waals surface area contributed by atoms with E-state index in [9.17, 15) is 4.79 Å². The molecule has 0 bridgehead atoms. The third-order valence-corrected chi connectivity index (χ3v) is 5.40. The van der Waals surface area contributed by atoms with Gasteiger partial charge in [0.15, 0.2) is 0 Å². The largest absolute Gasteiger partial charge is 0.349 e. The fourth-order valence-corrected chi connectivity index (χ4v) is 3.67. The molecule has 1 fully saturated rings. The normalized spacial score (nSPS) is 15.6. The molecule has 3 heterocycles. The topological polar surface area (TPSA) is 72.9 Å². The van der Waals surface area contributed by atoms with Crippen LogP contribution in [0.4, 0.5) is 0 Å². The average Bonchev–Trinajstić information content (AvgIpc) is 3.30. The predicted molar refractivity (Wildman–Crippen MR) is 108 cm³/mol. The Hall–Kier alpha value is -2.78. The van der Waals surface area contributed by atoms with Crippen molar-refractivity contribution < 1.29 is 4.79 Å². The number of carbonyl (C=O) groups is 1. The van der Waals surface area contributed by atoms with E-state index in [1.807, 2.05) is 39.6 Å². The van der Waals surface area contributed by atoms with E-state index < -0.39 is 0 Å². The predicted octanol–water partition coefficient (Wildman–Crippen LogP) is 1.99. The molecule has 8 nitrogen and oxygen atoms in total. The molecule has 3 aromatic rings. The lowest BCUT2D eigenvalue weighted by atomic mass is 10.1. The summed E-state index contributed by atoms with van der Waals surface area (Å²) in [7, 11) is 1.81. The van der Waals surface area contributed by atoms with Gasteiger partial charge in [-0.3, -0.25) is 18.9 Å². The Morgan fingerprint density at radius 2 is 1.96 bits per heavy atom. The van der Waals surface area contributed by atoms with Crippen molar-refractivity contribution in [3.8, 4) is 5.69 Å². The summed E-state index contributed by atoms with van der Waals surface area (Å²) in [6.45, 7) is 2.43. The van der Waals surface area contributed by atoms with E-state index >= 15 is 0 Å². The molecule has 9 heteroatoms. The maximum absolute atomic E-state index is 12.3. The number of amides is 1. The van der Waals surface area contributed by atoms with Crippen molar-refractivity contribution in [1.29, 1.82) is 0 Å². The highest BCUT2D eigenvalue weighted by Crippen LogP contribution is 2.13. The number of nitrogens with one attached hydrogen (secondary N) is 1. The molecule has 1 aliphatic rings. The van der Waals surface area contributed by atoms with Crippen molar-refractivity contribution in [2.24, 2.45) is 7.05 Å². The van der Waals surface area contributed by atoms with Gasteiger partial charge in [0, 0.05) is 38.1 Å². The van der Waals surface area contributed by atoms with Crippen LogP contribution in [0.15, 0.2) is 49.1 Å². The van der Waals surface area contributed by atoms with E-state index in [0.29, 0.717) is 17.0 Å². The zero-order valence-corrected chi connectivity index (χ0v) is 16.5. The van der Waals surface area contributed by atoms with Crippen molar-refractivity contribution in [2.45, 2.75) is 25.6 Å². The van der Waals surface area contributed by atoms with Gasteiger partial charge in [0.25, 0.3) is 5.91 Å². The molecule has 1 aromatic carbocycles. The van der Waals surface area contributed by atoms with Crippen LogP contribution in [0.1, 0.15) is 23.2 Å². The lowest BCUT2D eigenvalue weighted by Gasteiger charge is -2.31. The number of rotatable bonds is 5. The number of likely N-dealkylation sites (tertiary alicyclic amines) is 1. The van der Waals surface area contributed by atoms with E-state index in [2.05, 4.69) is 20.4 Å². The van der Waals surface area contributed by atoms with Crippen LogP contribution in [0.2, 0.25) is 0 Å². The van der Waals surface area contributed by atoms with Gasteiger partial charge in [0.1, 0.15) is 6.33 Å². The van der Waals surface area contributed by atoms with Gasteiger partial charge in [0.05, 0.1) is 18.4 Å². The van der Waals surface area contributed by atoms with E-state index in [-0.39, 0.29) is 11.9 Å². The Morgan fingerprint density at radius 1 is 1.21 bits per heavy atom. The summed E-state index contributed by atoms with van der Waals surface area (Å²) in [5, 5.41) is 11.6. The summed E-state index contributed by atoms with van der Waals surface area (Å²) < 4.78 is 6.07. The molecule has 0 unspecified atom stereocenters. The highest BCUT2D eigenvalue weighted by molar-refractivity contribution is 7.71. The second kappa shape index (κ2) is 8.07. The van der Waals surface area contributed by atoms with Gasteiger partial charge in [-0.15, -0.1) is 0 Å². The molecule has 1 aliphatic heterocycles. The summed E-state index contributed by atoms with van der Waals surface area (Å²) in [5.74, 6) is -0.0598. The van der Waals surface area contributed by atoms with Crippen molar-refractivity contribution >= 4 is 18.1 Å². The number of hydrogen-bond donors (Lipinski definition) is 1. The smallest absolute Gasteiger partial charge is 0.254 e. The van der Waals surface area contributed by atoms with Crippen LogP contribution < -0.4 is 5.32 Å². The van der Waals surface area contributed by atoms with Gasteiger partial charge < -0.3 is 5.32 Å².